The Hall–Kier alpha value is -1.39. The summed E-state index contributed by atoms with van der Waals surface area (Å²) in [7, 11) is 0. The van der Waals surface area contributed by atoms with Crippen LogP contribution in [0, 0.1) is 5.92 Å². The van der Waals surface area contributed by atoms with Crippen molar-refractivity contribution in [3.63, 3.8) is 0 Å². The van der Waals surface area contributed by atoms with Crippen LogP contribution in [0.5, 0.6) is 5.75 Å². The monoisotopic (exact) mass is 249 g/mol. The van der Waals surface area contributed by atoms with Gasteiger partial charge in [0.05, 0.1) is 0 Å². The van der Waals surface area contributed by atoms with Crippen LogP contribution in [-0.4, -0.2) is 19.2 Å². The van der Waals surface area contributed by atoms with Crippen LogP contribution in [0.25, 0.3) is 0 Å². The van der Waals surface area contributed by atoms with Crippen molar-refractivity contribution in [2.45, 2.75) is 25.8 Å². The van der Waals surface area contributed by atoms with E-state index in [9.17, 15) is 4.79 Å². The van der Waals surface area contributed by atoms with E-state index in [0.717, 1.165) is 31.6 Å². The molecule has 0 spiro atoms. The zero-order valence-electron chi connectivity index (χ0n) is 10.6. The second-order valence-corrected chi connectivity index (χ2v) is 4.64. The van der Waals surface area contributed by atoms with Crippen molar-refractivity contribution in [1.82, 2.24) is 0 Å². The van der Waals surface area contributed by atoms with Gasteiger partial charge in [-0.25, -0.2) is 0 Å². The van der Waals surface area contributed by atoms with Crippen molar-refractivity contribution in [2.75, 3.05) is 13.2 Å². The Morgan fingerprint density at radius 2 is 1.94 bits per heavy atom. The maximum atomic E-state index is 10.8. The number of hydrogen-bond donors (Lipinski definition) is 1. The highest BCUT2D eigenvalue weighted by molar-refractivity contribution is 5.69. The van der Waals surface area contributed by atoms with Gasteiger partial charge in [0.2, 0.25) is 0 Å². The zero-order valence-corrected chi connectivity index (χ0v) is 10.6. The van der Waals surface area contributed by atoms with Gasteiger partial charge in [-0.1, -0.05) is 12.1 Å². The van der Waals surface area contributed by atoms with Crippen LogP contribution in [-0.2, 0) is 9.53 Å². The molecule has 1 atom stereocenters. The molecular formula is C14H19NO3. The van der Waals surface area contributed by atoms with Gasteiger partial charge in [0.1, 0.15) is 5.75 Å². The highest BCUT2D eigenvalue weighted by Crippen LogP contribution is 2.28. The van der Waals surface area contributed by atoms with Crippen LogP contribution >= 0.6 is 0 Å². The molecule has 2 N–H and O–H groups in total. The Bertz CT molecular complexity index is 396. The average molecular weight is 249 g/mol. The van der Waals surface area contributed by atoms with Crippen molar-refractivity contribution in [1.29, 1.82) is 0 Å². The molecule has 1 aromatic carbocycles. The van der Waals surface area contributed by atoms with Crippen molar-refractivity contribution in [3.8, 4) is 5.75 Å². The predicted octanol–water partition coefficient (Wildman–Crippen LogP) is 2.04. The summed E-state index contributed by atoms with van der Waals surface area (Å²) in [5, 5.41) is 0. The lowest BCUT2D eigenvalue weighted by atomic mass is 9.88. The van der Waals surface area contributed by atoms with Crippen molar-refractivity contribution >= 4 is 5.97 Å². The lowest BCUT2D eigenvalue weighted by molar-refractivity contribution is -0.131. The molecule has 2 rings (SSSR count). The maximum Gasteiger partial charge on any atom is 0.308 e. The second-order valence-electron chi connectivity index (χ2n) is 4.64. The third-order valence-electron chi connectivity index (χ3n) is 3.30. The van der Waals surface area contributed by atoms with Crippen LogP contribution in [0.4, 0.5) is 0 Å². The molecular weight excluding hydrogens is 230 g/mol. The molecule has 0 aromatic heterocycles. The molecule has 0 unspecified atom stereocenters. The molecule has 1 fully saturated rings. The standard InChI is InChI=1S/C14H19NO3/c1-10(16)18-13-4-2-11(3-5-13)14(15)12-6-8-17-9-7-12/h2-5,12,14H,6-9,15H2,1H3/t14-/m0/s1. The Morgan fingerprint density at radius 1 is 1.33 bits per heavy atom. The summed E-state index contributed by atoms with van der Waals surface area (Å²) in [6.45, 7) is 2.98. The van der Waals surface area contributed by atoms with Crippen molar-refractivity contribution in [3.05, 3.63) is 29.8 Å². The van der Waals surface area contributed by atoms with E-state index in [4.69, 9.17) is 15.2 Å². The Balaban J connectivity index is 2.01. The number of hydrogen-bond acceptors (Lipinski definition) is 4. The molecule has 0 saturated carbocycles. The number of carbonyl (C=O) groups is 1. The van der Waals surface area contributed by atoms with Gasteiger partial charge in [0, 0.05) is 26.2 Å². The number of rotatable bonds is 3. The third-order valence-corrected chi connectivity index (χ3v) is 3.30. The number of benzene rings is 1. The summed E-state index contributed by atoms with van der Waals surface area (Å²) in [5.41, 5.74) is 7.34. The number of carbonyl (C=O) groups excluding carboxylic acids is 1. The predicted molar refractivity (Wildman–Crippen MR) is 68.2 cm³/mol. The molecule has 1 heterocycles. The first-order valence-electron chi connectivity index (χ1n) is 6.28. The van der Waals surface area contributed by atoms with Gasteiger partial charge in [-0.05, 0) is 36.5 Å². The fourth-order valence-corrected chi connectivity index (χ4v) is 2.27. The topological polar surface area (TPSA) is 61.5 Å². The summed E-state index contributed by atoms with van der Waals surface area (Å²) in [6.07, 6.45) is 2.01. The van der Waals surface area contributed by atoms with Crippen LogP contribution < -0.4 is 10.5 Å². The van der Waals surface area contributed by atoms with E-state index in [1.165, 1.54) is 6.92 Å². The van der Waals surface area contributed by atoms with Crippen LogP contribution in [0.15, 0.2) is 24.3 Å². The summed E-state index contributed by atoms with van der Waals surface area (Å²) >= 11 is 0. The second kappa shape index (κ2) is 5.98. The first-order chi connectivity index (χ1) is 8.66. The molecule has 4 nitrogen and oxygen atoms in total. The molecule has 0 amide bonds. The van der Waals surface area contributed by atoms with Gasteiger partial charge < -0.3 is 15.2 Å². The van der Waals surface area contributed by atoms with Gasteiger partial charge in [0.25, 0.3) is 0 Å². The number of nitrogens with two attached hydrogens (primary N) is 1. The van der Waals surface area contributed by atoms with Gasteiger partial charge in [-0.3, -0.25) is 4.79 Å². The minimum atomic E-state index is -0.309. The zero-order chi connectivity index (χ0) is 13.0. The Labute approximate surface area is 107 Å². The van der Waals surface area contributed by atoms with Gasteiger partial charge >= 0.3 is 5.97 Å². The lowest BCUT2D eigenvalue weighted by Crippen LogP contribution is -2.27. The van der Waals surface area contributed by atoms with Gasteiger partial charge in [0.15, 0.2) is 0 Å². The summed E-state index contributed by atoms with van der Waals surface area (Å²) in [4.78, 5) is 10.8. The van der Waals surface area contributed by atoms with Crippen LogP contribution in [0.3, 0.4) is 0 Å². The van der Waals surface area contributed by atoms with Crippen LogP contribution in [0.2, 0.25) is 0 Å². The molecule has 98 valence electrons. The molecule has 1 aliphatic heterocycles. The normalized spacial score (nSPS) is 18.3. The van der Waals surface area contributed by atoms with Gasteiger partial charge in [-0.2, -0.15) is 0 Å². The molecule has 0 radical (unpaired) electrons. The average Bonchev–Trinajstić information content (AvgIpc) is 2.39. The Kier molecular flexibility index (Phi) is 4.33. The SMILES string of the molecule is CC(=O)Oc1ccc([C@H](N)C2CCOCC2)cc1. The first kappa shape index (κ1) is 13.1. The molecule has 0 bridgehead atoms. The molecule has 0 aliphatic carbocycles. The highest BCUT2D eigenvalue weighted by atomic mass is 16.5. The van der Waals surface area contributed by atoms with Crippen molar-refractivity contribution < 1.29 is 14.3 Å². The van der Waals surface area contributed by atoms with E-state index in [-0.39, 0.29) is 12.0 Å². The number of esters is 1. The van der Waals surface area contributed by atoms with E-state index in [1.54, 1.807) is 12.1 Å². The summed E-state index contributed by atoms with van der Waals surface area (Å²) < 4.78 is 10.3. The highest BCUT2D eigenvalue weighted by Gasteiger charge is 2.22. The van der Waals surface area contributed by atoms with E-state index in [0.29, 0.717) is 11.7 Å². The van der Waals surface area contributed by atoms with Crippen molar-refractivity contribution in [2.24, 2.45) is 11.7 Å². The van der Waals surface area contributed by atoms with E-state index in [2.05, 4.69) is 0 Å². The Morgan fingerprint density at radius 3 is 2.50 bits per heavy atom. The quantitative estimate of drug-likeness (QED) is 0.657. The first-order valence-corrected chi connectivity index (χ1v) is 6.28. The minimum Gasteiger partial charge on any atom is -0.427 e. The van der Waals surface area contributed by atoms with E-state index >= 15 is 0 Å². The molecule has 1 aromatic rings. The molecule has 1 saturated heterocycles. The lowest BCUT2D eigenvalue weighted by Gasteiger charge is -2.27. The fraction of sp³-hybridized carbons (Fsp3) is 0.500. The van der Waals surface area contributed by atoms with Gasteiger partial charge in [-0.15, -0.1) is 0 Å². The molecule has 18 heavy (non-hydrogen) atoms. The van der Waals surface area contributed by atoms with Crippen LogP contribution in [0.1, 0.15) is 31.4 Å². The third kappa shape index (κ3) is 3.31. The molecule has 1 aliphatic rings. The maximum absolute atomic E-state index is 10.8. The molecule has 4 heteroatoms. The van der Waals surface area contributed by atoms with E-state index < -0.39 is 0 Å². The number of ether oxygens (including phenoxy) is 2. The summed E-state index contributed by atoms with van der Waals surface area (Å²) in [6, 6.07) is 7.46. The smallest absolute Gasteiger partial charge is 0.308 e. The largest absolute Gasteiger partial charge is 0.427 e. The fourth-order valence-electron chi connectivity index (χ4n) is 2.27. The summed E-state index contributed by atoms with van der Waals surface area (Å²) in [5.74, 6) is 0.722. The van der Waals surface area contributed by atoms with E-state index in [1.807, 2.05) is 12.1 Å². The minimum absolute atomic E-state index is 0.0280.